The minimum absolute atomic E-state index is 0.0427. The van der Waals surface area contributed by atoms with Crippen molar-refractivity contribution in [3.8, 4) is 5.88 Å². The quantitative estimate of drug-likeness (QED) is 0.371. The predicted molar refractivity (Wildman–Crippen MR) is 74.1 cm³/mol. The van der Waals surface area contributed by atoms with Gasteiger partial charge < -0.3 is 15.5 Å². The average Bonchev–Trinajstić information content (AvgIpc) is 2.39. The summed E-state index contributed by atoms with van der Waals surface area (Å²) in [5.74, 6) is 6.00. The van der Waals surface area contributed by atoms with Crippen LogP contribution in [0.3, 0.4) is 0 Å². The van der Waals surface area contributed by atoms with Gasteiger partial charge in [0, 0.05) is 32.8 Å². The molecule has 0 saturated heterocycles. The van der Waals surface area contributed by atoms with Crippen LogP contribution in [0.5, 0.6) is 5.88 Å². The number of hydrogen-bond donors (Lipinski definition) is 1. The van der Waals surface area contributed by atoms with Crippen molar-refractivity contribution in [1.29, 1.82) is 0 Å². The summed E-state index contributed by atoms with van der Waals surface area (Å²) in [6.07, 6.45) is 2.00. The standard InChI is InChI=1S/C13H20N4O2/c1-9(7-11(18)13(16-14)17(2)3)10-5-6-15-12(8-10)19-4/h5-6,8-9H,7,14H2,1-4H3. The molecule has 1 rings (SSSR count). The van der Waals surface area contributed by atoms with Crippen molar-refractivity contribution in [3.63, 3.8) is 0 Å². The highest BCUT2D eigenvalue weighted by Crippen LogP contribution is 2.22. The summed E-state index contributed by atoms with van der Waals surface area (Å²) in [7, 11) is 5.04. The zero-order valence-corrected chi connectivity index (χ0v) is 11.8. The fraction of sp³-hybridized carbons (Fsp3) is 0.462. The first-order chi connectivity index (χ1) is 8.99. The van der Waals surface area contributed by atoms with Gasteiger partial charge in [-0.1, -0.05) is 6.92 Å². The van der Waals surface area contributed by atoms with Crippen LogP contribution in [-0.2, 0) is 4.79 Å². The number of carbonyl (C=O) groups excluding carboxylic acids is 1. The Balaban J connectivity index is 2.79. The summed E-state index contributed by atoms with van der Waals surface area (Å²) < 4.78 is 5.07. The van der Waals surface area contributed by atoms with E-state index in [2.05, 4.69) is 10.1 Å². The molecule has 2 N–H and O–H groups in total. The molecule has 19 heavy (non-hydrogen) atoms. The van der Waals surface area contributed by atoms with E-state index in [4.69, 9.17) is 10.6 Å². The Morgan fingerprint density at radius 3 is 2.79 bits per heavy atom. The van der Waals surface area contributed by atoms with Crippen molar-refractivity contribution in [2.75, 3.05) is 21.2 Å². The number of nitrogens with zero attached hydrogens (tertiary/aromatic N) is 3. The van der Waals surface area contributed by atoms with Crippen molar-refractivity contribution in [2.24, 2.45) is 10.9 Å². The SMILES string of the molecule is COc1cc(C(C)CC(=O)C(=NN)N(C)C)ccn1. The van der Waals surface area contributed by atoms with Gasteiger partial charge in [-0.15, -0.1) is 0 Å². The van der Waals surface area contributed by atoms with Crippen LogP contribution in [0.4, 0.5) is 0 Å². The van der Waals surface area contributed by atoms with Crippen molar-refractivity contribution < 1.29 is 9.53 Å². The molecule has 0 aromatic carbocycles. The molecule has 1 heterocycles. The highest BCUT2D eigenvalue weighted by molar-refractivity contribution is 6.38. The fourth-order valence-corrected chi connectivity index (χ4v) is 1.77. The Labute approximate surface area is 113 Å². The van der Waals surface area contributed by atoms with E-state index in [1.807, 2.05) is 19.1 Å². The maximum absolute atomic E-state index is 12.1. The highest BCUT2D eigenvalue weighted by atomic mass is 16.5. The van der Waals surface area contributed by atoms with E-state index in [1.54, 1.807) is 32.3 Å². The van der Waals surface area contributed by atoms with E-state index in [0.29, 0.717) is 12.3 Å². The average molecular weight is 264 g/mol. The van der Waals surface area contributed by atoms with E-state index < -0.39 is 0 Å². The van der Waals surface area contributed by atoms with Crippen LogP contribution < -0.4 is 10.6 Å². The summed E-state index contributed by atoms with van der Waals surface area (Å²) in [5, 5.41) is 3.52. The number of nitrogens with two attached hydrogens (primary N) is 1. The number of ketones is 1. The molecule has 1 atom stereocenters. The zero-order chi connectivity index (χ0) is 14.4. The molecule has 6 heteroatoms. The third-order valence-corrected chi connectivity index (χ3v) is 2.82. The van der Waals surface area contributed by atoms with Crippen LogP contribution in [-0.4, -0.2) is 42.7 Å². The Hall–Kier alpha value is -2.11. The maximum atomic E-state index is 12.1. The van der Waals surface area contributed by atoms with Gasteiger partial charge in [0.2, 0.25) is 5.88 Å². The number of aromatic nitrogens is 1. The van der Waals surface area contributed by atoms with Crippen molar-refractivity contribution >= 4 is 11.6 Å². The number of amidine groups is 1. The first-order valence-corrected chi connectivity index (χ1v) is 5.98. The molecule has 0 bridgehead atoms. The summed E-state index contributed by atoms with van der Waals surface area (Å²) in [6, 6.07) is 3.70. The van der Waals surface area contributed by atoms with Crippen LogP contribution >= 0.6 is 0 Å². The van der Waals surface area contributed by atoms with Crippen molar-refractivity contribution in [2.45, 2.75) is 19.3 Å². The van der Waals surface area contributed by atoms with E-state index in [0.717, 1.165) is 5.56 Å². The minimum Gasteiger partial charge on any atom is -0.481 e. The van der Waals surface area contributed by atoms with Gasteiger partial charge in [-0.05, 0) is 17.5 Å². The van der Waals surface area contributed by atoms with Gasteiger partial charge in [0.15, 0.2) is 11.6 Å². The van der Waals surface area contributed by atoms with E-state index >= 15 is 0 Å². The van der Waals surface area contributed by atoms with Gasteiger partial charge >= 0.3 is 0 Å². The Kier molecular flexibility index (Phi) is 5.29. The van der Waals surface area contributed by atoms with Gasteiger partial charge in [-0.2, -0.15) is 5.10 Å². The van der Waals surface area contributed by atoms with Gasteiger partial charge in [0.1, 0.15) is 0 Å². The first kappa shape index (κ1) is 14.9. The third-order valence-electron chi connectivity index (χ3n) is 2.82. The van der Waals surface area contributed by atoms with E-state index in [1.165, 1.54) is 0 Å². The minimum atomic E-state index is -0.0872. The number of ether oxygens (including phenoxy) is 1. The molecule has 0 saturated carbocycles. The molecular formula is C13H20N4O2. The summed E-state index contributed by atoms with van der Waals surface area (Å²) in [5.41, 5.74) is 0.996. The summed E-state index contributed by atoms with van der Waals surface area (Å²) >= 11 is 0. The van der Waals surface area contributed by atoms with Crippen LogP contribution in [0, 0.1) is 0 Å². The van der Waals surface area contributed by atoms with Crippen molar-refractivity contribution in [3.05, 3.63) is 23.9 Å². The number of likely N-dealkylation sites (N-methyl/N-ethyl adjacent to an activating group) is 1. The Bertz CT molecular complexity index is 471. The summed E-state index contributed by atoms with van der Waals surface area (Å²) in [4.78, 5) is 17.7. The van der Waals surface area contributed by atoms with Crippen LogP contribution in [0.1, 0.15) is 24.8 Å². The smallest absolute Gasteiger partial charge is 0.213 e. The molecule has 0 aliphatic rings. The van der Waals surface area contributed by atoms with E-state index in [-0.39, 0.29) is 17.5 Å². The number of hydrazone groups is 1. The summed E-state index contributed by atoms with van der Waals surface area (Å²) in [6.45, 7) is 1.97. The number of rotatable bonds is 5. The normalized spacial score (nSPS) is 12.9. The van der Waals surface area contributed by atoms with Gasteiger partial charge in [0.05, 0.1) is 7.11 Å². The predicted octanol–water partition coefficient (Wildman–Crippen LogP) is 0.987. The second-order valence-electron chi connectivity index (χ2n) is 4.51. The Morgan fingerprint density at radius 2 is 2.26 bits per heavy atom. The zero-order valence-electron chi connectivity index (χ0n) is 11.8. The third kappa shape index (κ3) is 3.94. The Morgan fingerprint density at radius 1 is 1.58 bits per heavy atom. The molecule has 0 fully saturated rings. The van der Waals surface area contributed by atoms with Crippen molar-refractivity contribution in [1.82, 2.24) is 9.88 Å². The molecule has 104 valence electrons. The molecule has 0 radical (unpaired) electrons. The molecule has 0 aliphatic carbocycles. The van der Waals surface area contributed by atoms with Crippen LogP contribution in [0.2, 0.25) is 0 Å². The second-order valence-corrected chi connectivity index (χ2v) is 4.51. The molecule has 1 aromatic heterocycles. The molecule has 0 aliphatic heterocycles. The molecule has 1 unspecified atom stereocenters. The number of pyridine rings is 1. The molecule has 1 aromatic rings. The lowest BCUT2D eigenvalue weighted by atomic mass is 9.96. The lowest BCUT2D eigenvalue weighted by Crippen LogP contribution is -2.32. The number of carbonyl (C=O) groups is 1. The van der Waals surface area contributed by atoms with Crippen LogP contribution in [0.15, 0.2) is 23.4 Å². The van der Waals surface area contributed by atoms with Crippen LogP contribution in [0.25, 0.3) is 0 Å². The number of Topliss-reactive ketones (excluding diaryl/α,β-unsaturated/α-hetero) is 1. The number of methoxy groups -OCH3 is 1. The monoisotopic (exact) mass is 264 g/mol. The second kappa shape index (κ2) is 6.72. The largest absolute Gasteiger partial charge is 0.481 e. The molecule has 0 amide bonds. The molecular weight excluding hydrogens is 244 g/mol. The maximum Gasteiger partial charge on any atom is 0.213 e. The highest BCUT2D eigenvalue weighted by Gasteiger charge is 2.18. The molecule has 6 nitrogen and oxygen atoms in total. The molecule has 0 spiro atoms. The van der Waals surface area contributed by atoms with Gasteiger partial charge in [-0.25, -0.2) is 4.98 Å². The number of hydrogen-bond acceptors (Lipinski definition) is 5. The topological polar surface area (TPSA) is 80.8 Å². The first-order valence-electron chi connectivity index (χ1n) is 5.98. The fourth-order valence-electron chi connectivity index (χ4n) is 1.77. The van der Waals surface area contributed by atoms with Gasteiger partial charge in [-0.3, -0.25) is 4.79 Å². The lowest BCUT2D eigenvalue weighted by molar-refractivity contribution is -0.113. The van der Waals surface area contributed by atoms with Gasteiger partial charge in [0.25, 0.3) is 0 Å². The van der Waals surface area contributed by atoms with E-state index in [9.17, 15) is 4.79 Å². The lowest BCUT2D eigenvalue weighted by Gasteiger charge is -2.16.